The SMILES string of the molecule is CC(C)=CC1N=CNN1C. The second kappa shape index (κ2) is 2.84. The van der Waals surface area contributed by atoms with Crippen molar-refractivity contribution in [2.45, 2.75) is 20.0 Å². The molecule has 1 rings (SSSR count). The average Bonchev–Trinajstić information content (AvgIpc) is 2.15. The average molecular weight is 139 g/mol. The van der Waals surface area contributed by atoms with Crippen LogP contribution in [0, 0.1) is 0 Å². The predicted octanol–water partition coefficient (Wildman–Crippen LogP) is 0.757. The van der Waals surface area contributed by atoms with Gasteiger partial charge in [0, 0.05) is 7.05 Å². The minimum absolute atomic E-state index is 0.185. The fourth-order valence-corrected chi connectivity index (χ4v) is 0.830. The summed E-state index contributed by atoms with van der Waals surface area (Å²) in [4.78, 5) is 4.17. The normalized spacial score (nSPS) is 24.5. The van der Waals surface area contributed by atoms with Gasteiger partial charge in [0.2, 0.25) is 0 Å². The van der Waals surface area contributed by atoms with Crippen molar-refractivity contribution in [3.63, 3.8) is 0 Å². The molecule has 10 heavy (non-hydrogen) atoms. The van der Waals surface area contributed by atoms with E-state index >= 15 is 0 Å². The van der Waals surface area contributed by atoms with Gasteiger partial charge in [-0.1, -0.05) is 5.57 Å². The number of allylic oxidation sites excluding steroid dienone is 1. The van der Waals surface area contributed by atoms with Gasteiger partial charge in [-0.05, 0) is 19.9 Å². The molecule has 0 spiro atoms. The Kier molecular flexibility index (Phi) is 2.06. The zero-order chi connectivity index (χ0) is 7.56. The van der Waals surface area contributed by atoms with Crippen LogP contribution in [0.15, 0.2) is 16.6 Å². The maximum Gasteiger partial charge on any atom is 0.139 e. The highest BCUT2D eigenvalue weighted by atomic mass is 15.6. The lowest BCUT2D eigenvalue weighted by Gasteiger charge is -2.13. The summed E-state index contributed by atoms with van der Waals surface area (Å²) in [5.74, 6) is 0. The minimum atomic E-state index is 0.185. The Morgan fingerprint density at radius 2 is 2.40 bits per heavy atom. The van der Waals surface area contributed by atoms with Crippen LogP contribution in [0.4, 0.5) is 0 Å². The monoisotopic (exact) mass is 139 g/mol. The number of rotatable bonds is 1. The molecule has 0 amide bonds. The van der Waals surface area contributed by atoms with E-state index in [4.69, 9.17) is 0 Å². The highest BCUT2D eigenvalue weighted by molar-refractivity contribution is 5.56. The van der Waals surface area contributed by atoms with E-state index in [-0.39, 0.29) is 6.17 Å². The third-order valence-electron chi connectivity index (χ3n) is 1.37. The molecule has 0 aromatic rings. The molecule has 56 valence electrons. The summed E-state index contributed by atoms with van der Waals surface area (Å²) in [6.07, 6.45) is 4.01. The van der Waals surface area contributed by atoms with Crippen LogP contribution in [0.25, 0.3) is 0 Å². The summed E-state index contributed by atoms with van der Waals surface area (Å²) >= 11 is 0. The number of aliphatic imine (C=N–C) groups is 1. The van der Waals surface area contributed by atoms with Gasteiger partial charge in [-0.3, -0.25) is 0 Å². The molecular weight excluding hydrogens is 126 g/mol. The van der Waals surface area contributed by atoms with Crippen LogP contribution < -0.4 is 5.43 Å². The maximum atomic E-state index is 4.17. The number of likely N-dealkylation sites (N-methyl/N-ethyl adjacent to an activating group) is 1. The lowest BCUT2D eigenvalue weighted by atomic mass is 10.3. The molecule has 0 aliphatic carbocycles. The number of hydrogen-bond donors (Lipinski definition) is 1. The smallest absolute Gasteiger partial charge is 0.139 e. The van der Waals surface area contributed by atoms with Crippen molar-refractivity contribution >= 4 is 6.34 Å². The molecule has 0 aromatic carbocycles. The zero-order valence-electron chi connectivity index (χ0n) is 6.63. The van der Waals surface area contributed by atoms with Crippen LogP contribution in [0.3, 0.4) is 0 Å². The van der Waals surface area contributed by atoms with Gasteiger partial charge in [0.05, 0.1) is 6.34 Å². The summed E-state index contributed by atoms with van der Waals surface area (Å²) in [7, 11) is 1.97. The molecule has 1 aliphatic rings. The third-order valence-corrected chi connectivity index (χ3v) is 1.37. The van der Waals surface area contributed by atoms with E-state index in [1.165, 1.54) is 5.57 Å². The Bertz CT molecular complexity index is 168. The zero-order valence-corrected chi connectivity index (χ0v) is 6.63. The lowest BCUT2D eigenvalue weighted by molar-refractivity contribution is 0.278. The van der Waals surface area contributed by atoms with Gasteiger partial charge in [0.1, 0.15) is 6.17 Å². The van der Waals surface area contributed by atoms with Gasteiger partial charge in [0.15, 0.2) is 0 Å². The molecular formula is C7H13N3. The molecule has 0 aromatic heterocycles. The van der Waals surface area contributed by atoms with E-state index < -0.39 is 0 Å². The number of hydrazine groups is 1. The Labute approximate surface area is 61.4 Å². The summed E-state index contributed by atoms with van der Waals surface area (Å²) in [5, 5.41) is 1.95. The van der Waals surface area contributed by atoms with Gasteiger partial charge >= 0.3 is 0 Å². The molecule has 3 nitrogen and oxygen atoms in total. The molecule has 0 bridgehead atoms. The van der Waals surface area contributed by atoms with Gasteiger partial charge < -0.3 is 5.43 Å². The first-order valence-corrected chi connectivity index (χ1v) is 3.36. The highest BCUT2D eigenvalue weighted by Gasteiger charge is 2.12. The van der Waals surface area contributed by atoms with Crippen LogP contribution in [0.5, 0.6) is 0 Å². The van der Waals surface area contributed by atoms with Gasteiger partial charge in [-0.25, -0.2) is 4.99 Å². The Hall–Kier alpha value is -0.830. The summed E-state index contributed by atoms with van der Waals surface area (Å²) < 4.78 is 0. The van der Waals surface area contributed by atoms with Crippen LogP contribution in [0.1, 0.15) is 13.8 Å². The van der Waals surface area contributed by atoms with Crippen molar-refractivity contribution in [2.24, 2.45) is 4.99 Å². The van der Waals surface area contributed by atoms with E-state index in [0.717, 1.165) is 0 Å². The van der Waals surface area contributed by atoms with Crippen LogP contribution in [-0.4, -0.2) is 24.6 Å². The molecule has 1 aliphatic heterocycles. The van der Waals surface area contributed by atoms with Crippen molar-refractivity contribution in [1.29, 1.82) is 0 Å². The molecule has 1 N–H and O–H groups in total. The summed E-state index contributed by atoms with van der Waals surface area (Å²) in [5.41, 5.74) is 4.26. The van der Waals surface area contributed by atoms with E-state index in [0.29, 0.717) is 0 Å². The summed E-state index contributed by atoms with van der Waals surface area (Å²) in [6.45, 7) is 4.14. The number of nitrogens with zero attached hydrogens (tertiary/aromatic N) is 2. The molecule has 1 heterocycles. The van der Waals surface area contributed by atoms with Crippen LogP contribution in [-0.2, 0) is 0 Å². The van der Waals surface area contributed by atoms with E-state index in [1.807, 2.05) is 12.1 Å². The summed E-state index contributed by atoms with van der Waals surface area (Å²) in [6, 6.07) is 0. The molecule has 3 heteroatoms. The fourth-order valence-electron chi connectivity index (χ4n) is 0.830. The second-order valence-electron chi connectivity index (χ2n) is 2.68. The van der Waals surface area contributed by atoms with E-state index in [9.17, 15) is 0 Å². The molecule has 0 saturated carbocycles. The number of hydrogen-bond acceptors (Lipinski definition) is 3. The Morgan fingerprint density at radius 3 is 2.80 bits per heavy atom. The van der Waals surface area contributed by atoms with Crippen LogP contribution >= 0.6 is 0 Å². The molecule has 0 radical (unpaired) electrons. The Morgan fingerprint density at radius 1 is 1.70 bits per heavy atom. The van der Waals surface area contributed by atoms with Crippen molar-refractivity contribution in [3.05, 3.63) is 11.6 Å². The topological polar surface area (TPSA) is 27.6 Å². The van der Waals surface area contributed by atoms with Gasteiger partial charge in [0.25, 0.3) is 0 Å². The van der Waals surface area contributed by atoms with Gasteiger partial charge in [-0.2, -0.15) is 5.01 Å². The van der Waals surface area contributed by atoms with E-state index in [1.54, 1.807) is 6.34 Å². The second-order valence-corrected chi connectivity index (χ2v) is 2.68. The molecule has 0 saturated heterocycles. The quantitative estimate of drug-likeness (QED) is 0.543. The molecule has 1 atom stereocenters. The predicted molar refractivity (Wildman–Crippen MR) is 42.6 cm³/mol. The largest absolute Gasteiger partial charge is 0.307 e. The maximum absolute atomic E-state index is 4.17. The molecule has 1 unspecified atom stereocenters. The number of nitrogens with one attached hydrogen (secondary N) is 1. The Balaban J connectivity index is 2.56. The lowest BCUT2D eigenvalue weighted by Crippen LogP contribution is -2.33. The van der Waals surface area contributed by atoms with Crippen molar-refractivity contribution in [2.75, 3.05) is 7.05 Å². The third kappa shape index (κ3) is 1.57. The van der Waals surface area contributed by atoms with Crippen LogP contribution in [0.2, 0.25) is 0 Å². The fraction of sp³-hybridized carbons (Fsp3) is 0.571. The first-order valence-electron chi connectivity index (χ1n) is 3.36. The standard InChI is InChI=1S/C7H13N3/c1-6(2)4-7-8-5-9-10(7)3/h4-5,7H,1-3H3,(H,8,9). The first kappa shape index (κ1) is 7.28. The van der Waals surface area contributed by atoms with Gasteiger partial charge in [-0.15, -0.1) is 0 Å². The highest BCUT2D eigenvalue weighted by Crippen LogP contribution is 2.03. The van der Waals surface area contributed by atoms with Crippen molar-refractivity contribution in [3.8, 4) is 0 Å². The van der Waals surface area contributed by atoms with E-state index in [2.05, 4.69) is 30.3 Å². The van der Waals surface area contributed by atoms with Crippen molar-refractivity contribution < 1.29 is 0 Å². The first-order chi connectivity index (χ1) is 4.70. The van der Waals surface area contributed by atoms with Crippen molar-refractivity contribution in [1.82, 2.24) is 10.4 Å². The minimum Gasteiger partial charge on any atom is -0.307 e. The molecule has 0 fully saturated rings.